The highest BCUT2D eigenvalue weighted by molar-refractivity contribution is 5.77. The van der Waals surface area contributed by atoms with E-state index in [1.165, 1.54) is 5.56 Å². The van der Waals surface area contributed by atoms with Gasteiger partial charge >= 0.3 is 0 Å². The Balaban J connectivity index is 2.54. The maximum absolute atomic E-state index is 5.61. The molecule has 0 fully saturated rings. The smallest absolute Gasteiger partial charge is 0.0346 e. The van der Waals surface area contributed by atoms with Crippen LogP contribution in [0.15, 0.2) is 61.6 Å². The third kappa shape index (κ3) is 2.48. The zero-order valence-corrected chi connectivity index (χ0v) is 10.4. The zero-order valence-electron chi connectivity index (χ0n) is 10.4. The highest BCUT2D eigenvalue weighted by atomic mass is 14.6. The molecule has 1 heterocycles. The number of rotatable bonds is 3. The number of hydrogen-bond donors (Lipinski definition) is 1. The Morgan fingerprint density at radius 1 is 1.28 bits per heavy atom. The van der Waals surface area contributed by atoms with Crippen molar-refractivity contribution in [3.05, 3.63) is 72.7 Å². The molecular weight excluding hydrogens is 220 g/mol. The molecule has 0 aliphatic carbocycles. The Hall–Kier alpha value is -2.35. The zero-order chi connectivity index (χ0) is 13.0. The Labute approximate surface area is 107 Å². The van der Waals surface area contributed by atoms with E-state index in [0.717, 1.165) is 22.3 Å². The summed E-state index contributed by atoms with van der Waals surface area (Å²) in [6, 6.07) is 10.3. The molecule has 2 nitrogen and oxygen atoms in total. The fraction of sp³-hybridized carbons (Fsp3) is 0.0625. The summed E-state index contributed by atoms with van der Waals surface area (Å²) in [7, 11) is 0. The van der Waals surface area contributed by atoms with Crippen molar-refractivity contribution in [1.29, 1.82) is 0 Å². The van der Waals surface area contributed by atoms with Crippen LogP contribution in [0.3, 0.4) is 0 Å². The normalized spacial score (nSPS) is 11.3. The van der Waals surface area contributed by atoms with Crippen LogP contribution in [0.25, 0.3) is 16.7 Å². The van der Waals surface area contributed by atoms with Gasteiger partial charge in [0.15, 0.2) is 0 Å². The fourth-order valence-corrected chi connectivity index (χ4v) is 1.93. The predicted molar refractivity (Wildman–Crippen MR) is 76.8 cm³/mol. The summed E-state index contributed by atoms with van der Waals surface area (Å²) in [5, 5.41) is 0. The quantitative estimate of drug-likeness (QED) is 0.828. The molecule has 1 aromatic carbocycles. The molecule has 0 aliphatic rings. The molecular formula is C16H16N2. The molecule has 1 aromatic heterocycles. The number of pyridine rings is 1. The molecule has 0 saturated heterocycles. The van der Waals surface area contributed by atoms with E-state index in [4.69, 9.17) is 5.73 Å². The second-order valence-electron chi connectivity index (χ2n) is 4.16. The third-order valence-corrected chi connectivity index (χ3v) is 2.81. The number of hydrogen-bond acceptors (Lipinski definition) is 2. The van der Waals surface area contributed by atoms with Crippen LogP contribution < -0.4 is 5.73 Å². The lowest BCUT2D eigenvalue weighted by Gasteiger charge is -2.08. The molecule has 90 valence electrons. The topological polar surface area (TPSA) is 38.9 Å². The molecule has 0 radical (unpaired) electrons. The molecule has 0 atom stereocenters. The molecule has 0 amide bonds. The van der Waals surface area contributed by atoms with Gasteiger partial charge in [-0.3, -0.25) is 4.98 Å². The second kappa shape index (κ2) is 5.32. The van der Waals surface area contributed by atoms with Gasteiger partial charge in [0.25, 0.3) is 0 Å². The van der Waals surface area contributed by atoms with Gasteiger partial charge < -0.3 is 5.73 Å². The van der Waals surface area contributed by atoms with Gasteiger partial charge in [-0.15, -0.1) is 0 Å². The number of aromatic nitrogens is 1. The minimum absolute atomic E-state index is 0.934. The monoisotopic (exact) mass is 236 g/mol. The molecule has 0 spiro atoms. The first-order valence-corrected chi connectivity index (χ1v) is 5.81. The van der Waals surface area contributed by atoms with Crippen molar-refractivity contribution in [3.63, 3.8) is 0 Å². The van der Waals surface area contributed by atoms with E-state index in [9.17, 15) is 0 Å². The molecule has 0 bridgehead atoms. The Kier molecular flexibility index (Phi) is 3.58. The maximum atomic E-state index is 5.61. The Morgan fingerprint density at radius 2 is 2.11 bits per heavy atom. The Bertz CT molecular complexity index is 583. The van der Waals surface area contributed by atoms with Gasteiger partial charge in [-0.05, 0) is 41.3 Å². The standard InChI is InChI=1S/C16H16N2/c1-3-13(10-17)15-7-12(2)8-16(9-15)14-5-4-6-18-11-14/h3-11H,1,17H2,2H3/b13-10+. The van der Waals surface area contributed by atoms with Crippen LogP contribution >= 0.6 is 0 Å². The minimum Gasteiger partial charge on any atom is -0.404 e. The first-order valence-electron chi connectivity index (χ1n) is 5.81. The number of nitrogens with two attached hydrogens (primary N) is 1. The van der Waals surface area contributed by atoms with Gasteiger partial charge in [0.2, 0.25) is 0 Å². The van der Waals surface area contributed by atoms with Crippen LogP contribution in [0.5, 0.6) is 0 Å². The van der Waals surface area contributed by atoms with Gasteiger partial charge in [-0.2, -0.15) is 0 Å². The van der Waals surface area contributed by atoms with Crippen molar-refractivity contribution in [2.75, 3.05) is 0 Å². The average molecular weight is 236 g/mol. The molecule has 0 unspecified atom stereocenters. The number of aryl methyl sites for hydroxylation is 1. The van der Waals surface area contributed by atoms with Crippen molar-refractivity contribution in [2.45, 2.75) is 6.92 Å². The van der Waals surface area contributed by atoms with Crippen molar-refractivity contribution in [3.8, 4) is 11.1 Å². The third-order valence-electron chi connectivity index (χ3n) is 2.81. The predicted octanol–water partition coefficient (Wildman–Crippen LogP) is 3.54. The van der Waals surface area contributed by atoms with Crippen molar-refractivity contribution < 1.29 is 0 Å². The fourth-order valence-electron chi connectivity index (χ4n) is 1.93. The van der Waals surface area contributed by atoms with Gasteiger partial charge in [-0.25, -0.2) is 0 Å². The minimum atomic E-state index is 0.934. The van der Waals surface area contributed by atoms with Crippen LogP contribution in [-0.4, -0.2) is 4.98 Å². The van der Waals surface area contributed by atoms with E-state index in [1.807, 2.05) is 18.3 Å². The highest BCUT2D eigenvalue weighted by Crippen LogP contribution is 2.25. The highest BCUT2D eigenvalue weighted by Gasteiger charge is 2.03. The second-order valence-corrected chi connectivity index (χ2v) is 4.16. The number of benzene rings is 1. The summed E-state index contributed by atoms with van der Waals surface area (Å²) in [5.41, 5.74) is 11.0. The lowest BCUT2D eigenvalue weighted by Crippen LogP contribution is -1.90. The lowest BCUT2D eigenvalue weighted by atomic mass is 9.98. The van der Waals surface area contributed by atoms with E-state index < -0.39 is 0 Å². The number of allylic oxidation sites excluding steroid dienone is 2. The van der Waals surface area contributed by atoms with Crippen molar-refractivity contribution in [1.82, 2.24) is 4.98 Å². The van der Waals surface area contributed by atoms with Gasteiger partial charge in [0.05, 0.1) is 0 Å². The molecule has 2 heteroatoms. The summed E-state index contributed by atoms with van der Waals surface area (Å²) in [6.07, 6.45) is 6.98. The molecule has 18 heavy (non-hydrogen) atoms. The first kappa shape index (κ1) is 12.1. The van der Waals surface area contributed by atoms with E-state index in [2.05, 4.69) is 36.7 Å². The van der Waals surface area contributed by atoms with E-state index >= 15 is 0 Å². The van der Waals surface area contributed by atoms with Gasteiger partial charge in [-0.1, -0.05) is 30.9 Å². The molecule has 0 aliphatic heterocycles. The Morgan fingerprint density at radius 3 is 2.72 bits per heavy atom. The van der Waals surface area contributed by atoms with Crippen LogP contribution in [0.1, 0.15) is 11.1 Å². The number of nitrogens with zero attached hydrogens (tertiary/aromatic N) is 1. The summed E-state index contributed by atoms with van der Waals surface area (Å²) >= 11 is 0. The largest absolute Gasteiger partial charge is 0.404 e. The lowest BCUT2D eigenvalue weighted by molar-refractivity contribution is 1.32. The SMILES string of the molecule is C=C/C(=C\N)c1cc(C)cc(-c2cccnc2)c1. The molecule has 0 saturated carbocycles. The van der Waals surface area contributed by atoms with Crippen LogP contribution in [0, 0.1) is 6.92 Å². The summed E-state index contributed by atoms with van der Waals surface area (Å²) in [6.45, 7) is 5.85. The average Bonchev–Trinajstić information content (AvgIpc) is 2.40. The van der Waals surface area contributed by atoms with E-state index in [-0.39, 0.29) is 0 Å². The van der Waals surface area contributed by atoms with E-state index in [1.54, 1.807) is 18.5 Å². The van der Waals surface area contributed by atoms with Crippen LogP contribution in [-0.2, 0) is 0 Å². The van der Waals surface area contributed by atoms with Crippen LogP contribution in [0.4, 0.5) is 0 Å². The molecule has 2 aromatic rings. The first-order chi connectivity index (χ1) is 8.74. The van der Waals surface area contributed by atoms with E-state index in [0.29, 0.717) is 0 Å². The van der Waals surface area contributed by atoms with Gasteiger partial charge in [0.1, 0.15) is 0 Å². The summed E-state index contributed by atoms with van der Waals surface area (Å²) in [5.74, 6) is 0. The van der Waals surface area contributed by atoms with Crippen molar-refractivity contribution >= 4 is 5.57 Å². The molecule has 2 rings (SSSR count). The van der Waals surface area contributed by atoms with Crippen molar-refractivity contribution in [2.24, 2.45) is 5.73 Å². The van der Waals surface area contributed by atoms with Gasteiger partial charge in [0, 0.05) is 24.2 Å². The van der Waals surface area contributed by atoms with Crippen LogP contribution in [0.2, 0.25) is 0 Å². The summed E-state index contributed by atoms with van der Waals surface area (Å²) in [4.78, 5) is 4.15. The summed E-state index contributed by atoms with van der Waals surface area (Å²) < 4.78 is 0. The molecule has 2 N–H and O–H groups in total. The maximum Gasteiger partial charge on any atom is 0.0346 e.